The first-order chi connectivity index (χ1) is 9.05. The molecular weight excluding hydrogens is 270 g/mol. The molecule has 0 aliphatic carbocycles. The van der Waals surface area contributed by atoms with Crippen molar-refractivity contribution in [3.63, 3.8) is 0 Å². The van der Waals surface area contributed by atoms with E-state index in [0.29, 0.717) is 4.48 Å². The molecule has 0 radical (unpaired) electrons. The Labute approximate surface area is 117 Å². The Morgan fingerprint density at radius 3 is 2.10 bits per heavy atom. The van der Waals surface area contributed by atoms with E-state index < -0.39 is 49.7 Å². The molecule has 3 N–H and O–H groups in total. The van der Waals surface area contributed by atoms with Crippen LogP contribution in [0.25, 0.3) is 0 Å². The van der Waals surface area contributed by atoms with Crippen molar-refractivity contribution in [2.75, 3.05) is 34.3 Å². The largest absolute Gasteiger partial charge is 0.550 e. The summed E-state index contributed by atoms with van der Waals surface area (Å²) in [7, 11) is 5.42. The lowest BCUT2D eigenvalue weighted by atomic mass is 10.1. The van der Waals surface area contributed by atoms with Gasteiger partial charge in [-0.3, -0.25) is 4.79 Å². The van der Waals surface area contributed by atoms with Gasteiger partial charge in [0.2, 0.25) is 0 Å². The van der Waals surface area contributed by atoms with Crippen molar-refractivity contribution in [2.24, 2.45) is 0 Å². The standard InChI is InChI=1S/C12H23NO7/c1-13(2,3)6-8(4-11(17)18)20-12(19)5-9(15)10(16)7-14/h8-10,14-16H,4-7H2,1-3H3. The quantitative estimate of drug-likeness (QED) is 0.302. The monoisotopic (exact) mass is 293 g/mol. The fourth-order valence-corrected chi connectivity index (χ4v) is 1.60. The number of quaternary nitrogens is 1. The first kappa shape index (κ1) is 18.8. The van der Waals surface area contributed by atoms with Crippen LogP contribution in [-0.4, -0.2) is 84.3 Å². The van der Waals surface area contributed by atoms with E-state index in [1.165, 1.54) is 0 Å². The minimum absolute atomic E-state index is 0.262. The summed E-state index contributed by atoms with van der Waals surface area (Å²) in [6.07, 6.45) is -4.76. The van der Waals surface area contributed by atoms with Gasteiger partial charge in [-0.25, -0.2) is 0 Å². The summed E-state index contributed by atoms with van der Waals surface area (Å²) in [5.41, 5.74) is 0. The van der Waals surface area contributed by atoms with Gasteiger partial charge in [0.15, 0.2) is 6.10 Å². The van der Waals surface area contributed by atoms with Crippen molar-refractivity contribution in [1.29, 1.82) is 0 Å². The van der Waals surface area contributed by atoms with E-state index >= 15 is 0 Å². The molecule has 0 saturated heterocycles. The summed E-state index contributed by atoms with van der Waals surface area (Å²) in [4.78, 5) is 22.2. The summed E-state index contributed by atoms with van der Waals surface area (Å²) in [6.45, 7) is -0.422. The second-order valence-electron chi connectivity index (χ2n) is 5.68. The summed E-state index contributed by atoms with van der Waals surface area (Å²) >= 11 is 0. The van der Waals surface area contributed by atoms with Crippen LogP contribution in [0.1, 0.15) is 12.8 Å². The SMILES string of the molecule is C[N+](C)(C)CC(CC(=O)[O-])OC(=O)CC(O)C(O)CO. The fraction of sp³-hybridized carbons (Fsp3) is 0.833. The maximum absolute atomic E-state index is 11.6. The van der Waals surface area contributed by atoms with Crippen LogP contribution in [-0.2, 0) is 14.3 Å². The zero-order valence-corrected chi connectivity index (χ0v) is 12.0. The fourth-order valence-electron chi connectivity index (χ4n) is 1.60. The number of hydrogen-bond acceptors (Lipinski definition) is 7. The molecule has 0 rings (SSSR count). The molecule has 3 atom stereocenters. The number of ether oxygens (including phenoxy) is 1. The molecule has 8 heteroatoms. The van der Waals surface area contributed by atoms with Gasteiger partial charge in [-0.15, -0.1) is 0 Å². The van der Waals surface area contributed by atoms with E-state index in [1.807, 2.05) is 0 Å². The Bertz CT molecular complexity index is 326. The average molecular weight is 293 g/mol. The molecule has 0 saturated carbocycles. The number of likely N-dealkylation sites (N-methyl/N-ethyl adjacent to an activating group) is 1. The van der Waals surface area contributed by atoms with Gasteiger partial charge >= 0.3 is 5.97 Å². The minimum Gasteiger partial charge on any atom is -0.550 e. The zero-order valence-electron chi connectivity index (χ0n) is 12.0. The van der Waals surface area contributed by atoms with Crippen molar-refractivity contribution in [3.8, 4) is 0 Å². The highest BCUT2D eigenvalue weighted by Crippen LogP contribution is 2.08. The average Bonchev–Trinajstić information content (AvgIpc) is 2.23. The number of carbonyl (C=O) groups excluding carboxylic acids is 2. The second-order valence-corrected chi connectivity index (χ2v) is 5.68. The van der Waals surface area contributed by atoms with Crippen molar-refractivity contribution >= 4 is 11.9 Å². The number of carbonyl (C=O) groups is 2. The van der Waals surface area contributed by atoms with E-state index in [-0.39, 0.29) is 6.54 Å². The Kier molecular flexibility index (Phi) is 7.66. The molecule has 0 aliphatic heterocycles. The minimum atomic E-state index is -1.46. The van der Waals surface area contributed by atoms with Gasteiger partial charge in [0.1, 0.15) is 12.6 Å². The summed E-state index contributed by atoms with van der Waals surface area (Å²) in [5, 5.41) is 37.7. The molecule has 118 valence electrons. The number of aliphatic carboxylic acids is 1. The lowest BCUT2D eigenvalue weighted by Crippen LogP contribution is -2.45. The Balaban J connectivity index is 4.49. The van der Waals surface area contributed by atoms with Crippen LogP contribution < -0.4 is 5.11 Å². The predicted octanol–water partition coefficient (Wildman–Crippen LogP) is -3.15. The molecule has 0 spiro atoms. The molecule has 0 amide bonds. The van der Waals surface area contributed by atoms with E-state index in [4.69, 9.17) is 14.9 Å². The van der Waals surface area contributed by atoms with Crippen LogP contribution in [0.15, 0.2) is 0 Å². The molecule has 0 aromatic carbocycles. The van der Waals surface area contributed by atoms with Gasteiger partial charge in [-0.1, -0.05) is 0 Å². The van der Waals surface area contributed by atoms with Gasteiger partial charge in [0, 0.05) is 12.4 Å². The van der Waals surface area contributed by atoms with Crippen molar-refractivity contribution < 1.29 is 39.2 Å². The molecule has 20 heavy (non-hydrogen) atoms. The van der Waals surface area contributed by atoms with Crippen LogP contribution in [0.5, 0.6) is 0 Å². The maximum Gasteiger partial charge on any atom is 0.309 e. The van der Waals surface area contributed by atoms with Crippen LogP contribution in [0.3, 0.4) is 0 Å². The lowest BCUT2D eigenvalue weighted by Gasteiger charge is -2.29. The molecule has 0 aromatic heterocycles. The number of aliphatic hydroxyl groups is 3. The first-order valence-corrected chi connectivity index (χ1v) is 6.22. The molecule has 0 heterocycles. The van der Waals surface area contributed by atoms with Gasteiger partial charge in [-0.2, -0.15) is 0 Å². The van der Waals surface area contributed by atoms with Crippen LogP contribution in [0.2, 0.25) is 0 Å². The Morgan fingerprint density at radius 2 is 1.70 bits per heavy atom. The number of carboxylic acids is 1. The topological polar surface area (TPSA) is 127 Å². The van der Waals surface area contributed by atoms with Crippen LogP contribution in [0, 0.1) is 0 Å². The van der Waals surface area contributed by atoms with Gasteiger partial charge in [0.25, 0.3) is 0 Å². The maximum atomic E-state index is 11.6. The van der Waals surface area contributed by atoms with E-state index in [9.17, 15) is 19.8 Å². The number of nitrogens with zero attached hydrogens (tertiary/aromatic N) is 1. The smallest absolute Gasteiger partial charge is 0.309 e. The van der Waals surface area contributed by atoms with E-state index in [2.05, 4.69) is 0 Å². The van der Waals surface area contributed by atoms with Crippen molar-refractivity contribution in [2.45, 2.75) is 31.2 Å². The number of rotatable bonds is 9. The Morgan fingerprint density at radius 1 is 1.15 bits per heavy atom. The highest BCUT2D eigenvalue weighted by molar-refractivity contribution is 5.71. The van der Waals surface area contributed by atoms with E-state index in [1.54, 1.807) is 21.1 Å². The third-order valence-corrected chi connectivity index (χ3v) is 2.45. The van der Waals surface area contributed by atoms with Crippen LogP contribution in [0.4, 0.5) is 0 Å². The van der Waals surface area contributed by atoms with E-state index in [0.717, 1.165) is 0 Å². The number of carboxylic acid groups (broad SMARTS) is 1. The van der Waals surface area contributed by atoms with Crippen molar-refractivity contribution in [3.05, 3.63) is 0 Å². The molecular formula is C12H23NO7. The second kappa shape index (κ2) is 8.15. The number of hydrogen-bond donors (Lipinski definition) is 3. The highest BCUT2D eigenvalue weighted by atomic mass is 16.5. The van der Waals surface area contributed by atoms with Gasteiger partial charge in [0.05, 0.1) is 40.3 Å². The normalized spacial score (nSPS) is 16.3. The number of aliphatic hydroxyl groups excluding tert-OH is 3. The number of esters is 1. The molecule has 0 aromatic rings. The Hall–Kier alpha value is -1.22. The predicted molar refractivity (Wildman–Crippen MR) is 66.1 cm³/mol. The third-order valence-electron chi connectivity index (χ3n) is 2.45. The molecule has 8 nitrogen and oxygen atoms in total. The third kappa shape index (κ3) is 8.81. The highest BCUT2D eigenvalue weighted by Gasteiger charge is 2.25. The zero-order chi connectivity index (χ0) is 15.9. The van der Waals surface area contributed by atoms with Gasteiger partial charge in [-0.05, 0) is 0 Å². The first-order valence-electron chi connectivity index (χ1n) is 6.22. The molecule has 0 fully saturated rings. The molecule has 0 aliphatic rings. The van der Waals surface area contributed by atoms with Crippen LogP contribution >= 0.6 is 0 Å². The molecule has 3 unspecified atom stereocenters. The molecule has 0 bridgehead atoms. The lowest BCUT2D eigenvalue weighted by molar-refractivity contribution is -0.873. The van der Waals surface area contributed by atoms with Crippen molar-refractivity contribution in [1.82, 2.24) is 0 Å². The van der Waals surface area contributed by atoms with Gasteiger partial charge < -0.3 is 34.4 Å². The summed E-state index contributed by atoms with van der Waals surface area (Å²) < 4.78 is 5.36. The summed E-state index contributed by atoms with van der Waals surface area (Å²) in [5.74, 6) is -2.18. The summed E-state index contributed by atoms with van der Waals surface area (Å²) in [6, 6.07) is 0.